The van der Waals surface area contributed by atoms with Crippen LogP contribution in [0.4, 0.5) is 5.69 Å². The van der Waals surface area contributed by atoms with Crippen molar-refractivity contribution in [3.63, 3.8) is 0 Å². The van der Waals surface area contributed by atoms with Crippen LogP contribution in [0.5, 0.6) is 0 Å². The number of aliphatic hydroxyl groups is 1. The molecule has 1 spiro atoms. The Bertz CT molecular complexity index is 1050. The molecule has 1 aromatic rings. The molecule has 10 heteroatoms. The minimum absolute atomic E-state index is 0.0439. The second kappa shape index (κ2) is 9.91. The highest BCUT2D eigenvalue weighted by Crippen LogP contribution is 2.55. The van der Waals surface area contributed by atoms with E-state index in [0.717, 1.165) is 31.9 Å². The maximum Gasteiger partial charge on any atom is 0.224 e. The molecule has 2 bridgehead atoms. The van der Waals surface area contributed by atoms with Gasteiger partial charge >= 0.3 is 0 Å². The molecule has 1 aliphatic carbocycles. The topological polar surface area (TPSA) is 111 Å². The highest BCUT2D eigenvalue weighted by Gasteiger charge is 2.61. The van der Waals surface area contributed by atoms with E-state index >= 15 is 0 Å². The summed E-state index contributed by atoms with van der Waals surface area (Å²) < 4.78 is 29.5. The van der Waals surface area contributed by atoms with Gasteiger partial charge in [-0.05, 0) is 74.5 Å². The first-order valence-electron chi connectivity index (χ1n) is 12.3. The Labute approximate surface area is 212 Å². The minimum atomic E-state index is -3.39. The zero-order valence-electron chi connectivity index (χ0n) is 20.8. The molecule has 3 heterocycles. The number of halogens is 1. The molecule has 196 valence electrons. The lowest BCUT2D eigenvalue weighted by Crippen LogP contribution is -2.61. The average Bonchev–Trinajstić information content (AvgIpc) is 3.05. The maximum atomic E-state index is 12.6. The van der Waals surface area contributed by atoms with Crippen LogP contribution in [-0.4, -0.2) is 49.8 Å². The number of sulfone groups is 1. The Balaban J connectivity index is 1.38. The van der Waals surface area contributed by atoms with Crippen molar-refractivity contribution >= 4 is 33.0 Å². The fraction of sp³-hybridized carbons (Fsp3) is 0.720. The van der Waals surface area contributed by atoms with Crippen molar-refractivity contribution in [2.24, 2.45) is 23.7 Å². The van der Waals surface area contributed by atoms with Gasteiger partial charge in [0.2, 0.25) is 5.91 Å². The van der Waals surface area contributed by atoms with Crippen molar-refractivity contribution in [3.8, 4) is 0 Å². The molecule has 35 heavy (non-hydrogen) atoms. The third-order valence-corrected chi connectivity index (χ3v) is 9.74. The molecule has 7 atom stereocenters. The Hall–Kier alpha value is -1.23. The summed E-state index contributed by atoms with van der Waals surface area (Å²) in [5.74, 6) is -0.321. The van der Waals surface area contributed by atoms with Gasteiger partial charge < -0.3 is 15.2 Å². The van der Waals surface area contributed by atoms with Crippen LogP contribution in [-0.2, 0) is 29.1 Å². The number of rotatable bonds is 7. The zero-order chi connectivity index (χ0) is 25.6. The van der Waals surface area contributed by atoms with Gasteiger partial charge in [0.1, 0.15) is 5.60 Å². The largest absolute Gasteiger partial charge is 0.393 e. The lowest BCUT2D eigenvalue weighted by molar-refractivity contribution is -0.517. The number of carbonyl (C=O) groups excluding carboxylic acids is 1. The van der Waals surface area contributed by atoms with Gasteiger partial charge in [0, 0.05) is 19.1 Å². The monoisotopic (exact) mass is 529 g/mol. The Kier molecular flexibility index (Phi) is 7.60. The number of hydrogen-bond donors (Lipinski definition) is 2. The number of fused-ring (bicyclic) bond motifs is 3. The van der Waals surface area contributed by atoms with Crippen LogP contribution in [0.25, 0.3) is 0 Å². The van der Waals surface area contributed by atoms with Crippen molar-refractivity contribution in [1.29, 1.82) is 0 Å². The first kappa shape index (κ1) is 26.8. The smallest absolute Gasteiger partial charge is 0.224 e. The van der Waals surface area contributed by atoms with Gasteiger partial charge in [-0.1, -0.05) is 25.4 Å². The predicted octanol–water partition coefficient (Wildman–Crippen LogP) is 4.35. The number of benzene rings is 1. The summed E-state index contributed by atoms with van der Waals surface area (Å²) in [7, 11) is -3.39. The van der Waals surface area contributed by atoms with Gasteiger partial charge in [-0.3, -0.25) is 4.79 Å². The third kappa shape index (κ3) is 5.40. The first-order valence-corrected chi connectivity index (χ1v) is 14.6. The summed E-state index contributed by atoms with van der Waals surface area (Å²) in [4.78, 5) is 24.5. The van der Waals surface area contributed by atoms with E-state index in [4.69, 9.17) is 26.1 Å². The van der Waals surface area contributed by atoms with Crippen LogP contribution in [0.1, 0.15) is 59.3 Å². The lowest BCUT2D eigenvalue weighted by atomic mass is 9.59. The van der Waals surface area contributed by atoms with E-state index in [9.17, 15) is 18.3 Å². The van der Waals surface area contributed by atoms with Crippen molar-refractivity contribution in [3.05, 3.63) is 23.2 Å². The average molecular weight is 530 g/mol. The summed E-state index contributed by atoms with van der Waals surface area (Å²) in [5, 5.41) is 13.9. The van der Waals surface area contributed by atoms with E-state index in [1.807, 2.05) is 13.8 Å². The molecule has 3 saturated heterocycles. The van der Waals surface area contributed by atoms with Crippen LogP contribution in [0, 0.1) is 23.7 Å². The zero-order valence-corrected chi connectivity index (χ0v) is 22.3. The first-order chi connectivity index (χ1) is 16.3. The van der Waals surface area contributed by atoms with Gasteiger partial charge in [0.05, 0.1) is 28.3 Å². The SMILES string of the molecule is CC1CCC(C(C)C(O)CCC(=O)Nc2ccc(S(C)(=O)=O)cc2Cl)C23COC(C)(CCC12)OO3. The van der Waals surface area contributed by atoms with E-state index in [2.05, 4.69) is 12.2 Å². The summed E-state index contributed by atoms with van der Waals surface area (Å²) in [6.45, 7) is 6.63. The molecular weight excluding hydrogens is 494 g/mol. The molecule has 1 saturated carbocycles. The molecular formula is C25H36ClNO7S. The van der Waals surface area contributed by atoms with E-state index in [1.165, 1.54) is 18.2 Å². The minimum Gasteiger partial charge on any atom is -0.393 e. The highest BCUT2D eigenvalue weighted by molar-refractivity contribution is 7.90. The molecule has 4 fully saturated rings. The highest BCUT2D eigenvalue weighted by atomic mass is 35.5. The summed E-state index contributed by atoms with van der Waals surface area (Å²) >= 11 is 6.16. The van der Waals surface area contributed by atoms with Crippen LogP contribution in [0.3, 0.4) is 0 Å². The lowest BCUT2D eigenvalue weighted by Gasteiger charge is -2.53. The van der Waals surface area contributed by atoms with Gasteiger partial charge in [-0.25, -0.2) is 18.2 Å². The number of aliphatic hydroxyl groups excluding tert-OH is 1. The second-order valence-corrected chi connectivity index (χ2v) is 13.2. The number of carbonyl (C=O) groups is 1. The quantitative estimate of drug-likeness (QED) is 0.505. The van der Waals surface area contributed by atoms with Gasteiger partial charge in [-0.15, -0.1) is 0 Å². The molecule has 2 N–H and O–H groups in total. The van der Waals surface area contributed by atoms with Crippen LogP contribution in [0.15, 0.2) is 23.1 Å². The Morgan fingerprint density at radius 3 is 2.66 bits per heavy atom. The Morgan fingerprint density at radius 1 is 1.29 bits per heavy atom. The standard InChI is InChI=1S/C25H36ClNO7S/c1-15-5-7-19(25-14-32-24(3,33-34-25)12-11-18(15)25)16(2)22(28)9-10-23(29)27-21-8-6-17(13-20(21)26)35(4,30)31/h6,8,13,15-16,18-19,22,28H,5,7,9-12,14H2,1-4H3,(H,27,29). The van der Waals surface area contributed by atoms with Gasteiger partial charge in [0.15, 0.2) is 15.6 Å². The number of amides is 1. The van der Waals surface area contributed by atoms with E-state index in [1.54, 1.807) is 0 Å². The molecule has 0 aromatic heterocycles. The van der Waals surface area contributed by atoms with Crippen molar-refractivity contribution < 1.29 is 32.8 Å². The van der Waals surface area contributed by atoms with Gasteiger partial charge in [0.25, 0.3) is 0 Å². The van der Waals surface area contributed by atoms with Crippen molar-refractivity contribution in [2.45, 2.75) is 81.7 Å². The number of ether oxygens (including phenoxy) is 1. The predicted molar refractivity (Wildman–Crippen MR) is 131 cm³/mol. The van der Waals surface area contributed by atoms with Crippen LogP contribution in [0.2, 0.25) is 5.02 Å². The number of nitrogens with one attached hydrogen (secondary N) is 1. The van der Waals surface area contributed by atoms with E-state index in [0.29, 0.717) is 24.1 Å². The molecule has 5 rings (SSSR count). The summed E-state index contributed by atoms with van der Waals surface area (Å²) in [5.41, 5.74) is -0.258. The summed E-state index contributed by atoms with van der Waals surface area (Å²) in [6, 6.07) is 4.19. The van der Waals surface area contributed by atoms with Gasteiger partial charge in [-0.2, -0.15) is 0 Å². The molecule has 1 amide bonds. The number of hydrogen-bond acceptors (Lipinski definition) is 7. The molecule has 1 aromatic carbocycles. The normalized spacial score (nSPS) is 34.5. The fourth-order valence-electron chi connectivity index (χ4n) is 6.08. The maximum absolute atomic E-state index is 12.6. The molecule has 7 unspecified atom stereocenters. The van der Waals surface area contributed by atoms with E-state index < -0.39 is 27.3 Å². The molecule has 3 aliphatic heterocycles. The molecule has 4 aliphatic rings. The number of anilines is 1. The van der Waals surface area contributed by atoms with Crippen molar-refractivity contribution in [2.75, 3.05) is 18.2 Å². The van der Waals surface area contributed by atoms with Crippen LogP contribution >= 0.6 is 11.6 Å². The fourth-order valence-corrected chi connectivity index (χ4v) is 7.02. The second-order valence-electron chi connectivity index (χ2n) is 10.8. The van der Waals surface area contributed by atoms with Crippen molar-refractivity contribution in [1.82, 2.24) is 0 Å². The third-order valence-electron chi connectivity index (χ3n) is 8.31. The Morgan fingerprint density at radius 2 is 2.03 bits per heavy atom. The van der Waals surface area contributed by atoms with Crippen LogP contribution < -0.4 is 5.32 Å². The summed E-state index contributed by atoms with van der Waals surface area (Å²) in [6.07, 6.45) is 4.44. The molecule has 8 nitrogen and oxygen atoms in total. The van der Waals surface area contributed by atoms with E-state index in [-0.39, 0.29) is 40.5 Å². The molecule has 0 radical (unpaired) electrons.